The van der Waals surface area contributed by atoms with E-state index in [4.69, 9.17) is 5.73 Å². The van der Waals surface area contributed by atoms with E-state index < -0.39 is 10.7 Å². The predicted octanol–water partition coefficient (Wildman–Crippen LogP) is 4.90. The number of non-ortho nitro benzene ring substituents is 1. The van der Waals surface area contributed by atoms with Crippen molar-refractivity contribution in [3.8, 4) is 0 Å². The largest absolute Gasteiger partial charge is 0.331 e. The number of nitro groups is 1. The van der Waals surface area contributed by atoms with Crippen LogP contribution in [0.2, 0.25) is 0 Å². The van der Waals surface area contributed by atoms with Crippen LogP contribution in [0.25, 0.3) is 0 Å². The third-order valence-electron chi connectivity index (χ3n) is 6.42. The van der Waals surface area contributed by atoms with Gasteiger partial charge in [0.25, 0.3) is 17.5 Å². The van der Waals surface area contributed by atoms with Crippen molar-refractivity contribution >= 4 is 23.2 Å². The molecule has 8 nitrogen and oxygen atoms in total. The molecule has 0 saturated heterocycles. The summed E-state index contributed by atoms with van der Waals surface area (Å²) in [5.74, 6) is -1.08. The molecule has 186 valence electrons. The first-order valence-electron chi connectivity index (χ1n) is 11.8. The molecule has 0 aliphatic heterocycles. The Balaban J connectivity index is 1.47. The monoisotopic (exact) mass is 490 g/mol. The van der Waals surface area contributed by atoms with E-state index in [0.29, 0.717) is 23.4 Å². The molecule has 1 fully saturated rings. The van der Waals surface area contributed by atoms with Gasteiger partial charge in [-0.2, -0.15) is 0 Å². The summed E-state index contributed by atoms with van der Waals surface area (Å²) in [4.78, 5) is 37.9. The Morgan fingerprint density at radius 3 is 2.25 bits per heavy atom. The second-order valence-electron chi connectivity index (χ2n) is 8.97. The molecule has 3 aromatic carbocycles. The Labute approximate surface area is 208 Å². The van der Waals surface area contributed by atoms with Crippen LogP contribution in [0.1, 0.15) is 52.0 Å². The maximum Gasteiger partial charge on any atom is 0.269 e. The molecule has 0 radical (unpaired) electrons. The number of hydrogen-bond donors (Lipinski definition) is 2. The van der Waals surface area contributed by atoms with Crippen molar-refractivity contribution in [2.24, 2.45) is 5.73 Å². The van der Waals surface area contributed by atoms with Crippen LogP contribution in [0.5, 0.6) is 0 Å². The fourth-order valence-electron chi connectivity index (χ4n) is 4.40. The Hall–Kier alpha value is -4.11. The van der Waals surface area contributed by atoms with Crippen LogP contribution >= 0.6 is 0 Å². The normalized spacial score (nSPS) is 17.3. The Kier molecular flexibility index (Phi) is 7.70. The van der Waals surface area contributed by atoms with Crippen molar-refractivity contribution in [2.75, 3.05) is 5.32 Å². The molecule has 2 amide bonds. The lowest BCUT2D eigenvalue weighted by molar-refractivity contribution is -0.384. The van der Waals surface area contributed by atoms with Crippen molar-refractivity contribution in [2.45, 2.75) is 44.3 Å². The van der Waals surface area contributed by atoms with Crippen molar-refractivity contribution in [3.63, 3.8) is 0 Å². The Morgan fingerprint density at radius 1 is 0.972 bits per heavy atom. The lowest BCUT2D eigenvalue weighted by Crippen LogP contribution is -2.43. The van der Waals surface area contributed by atoms with Gasteiger partial charge in [0.2, 0.25) is 0 Å². The summed E-state index contributed by atoms with van der Waals surface area (Å²) in [6.07, 6.45) is 3.22. The first kappa shape index (κ1) is 25.0. The maximum atomic E-state index is 13.8. The number of amides is 2. The summed E-state index contributed by atoms with van der Waals surface area (Å²) in [5, 5.41) is 13.6. The number of nitrogens with two attached hydrogens (primary N) is 1. The van der Waals surface area contributed by atoms with Crippen LogP contribution in [0.4, 0.5) is 15.8 Å². The molecule has 0 unspecified atom stereocenters. The third kappa shape index (κ3) is 6.11. The van der Waals surface area contributed by atoms with Crippen LogP contribution in [-0.2, 0) is 6.54 Å². The summed E-state index contributed by atoms with van der Waals surface area (Å²) >= 11 is 0. The topological polar surface area (TPSA) is 119 Å². The second kappa shape index (κ2) is 11.1. The van der Waals surface area contributed by atoms with Crippen LogP contribution < -0.4 is 11.1 Å². The number of nitrogens with zero attached hydrogens (tertiary/aromatic N) is 2. The summed E-state index contributed by atoms with van der Waals surface area (Å²) in [6.45, 7) is 0.339. The van der Waals surface area contributed by atoms with Gasteiger partial charge in [-0.3, -0.25) is 19.7 Å². The lowest BCUT2D eigenvalue weighted by Gasteiger charge is -2.36. The molecular formula is C27H27FN4O4. The summed E-state index contributed by atoms with van der Waals surface area (Å²) in [6, 6.07) is 18.3. The molecule has 0 aromatic heterocycles. The lowest BCUT2D eigenvalue weighted by atomic mass is 9.90. The predicted molar refractivity (Wildman–Crippen MR) is 134 cm³/mol. The highest BCUT2D eigenvalue weighted by molar-refractivity contribution is 6.04. The minimum atomic E-state index is -0.523. The van der Waals surface area contributed by atoms with Gasteiger partial charge in [-0.1, -0.05) is 18.2 Å². The zero-order chi connectivity index (χ0) is 25.7. The molecule has 36 heavy (non-hydrogen) atoms. The molecule has 0 bridgehead atoms. The number of carbonyl (C=O) groups is 2. The van der Waals surface area contributed by atoms with Crippen LogP contribution in [0.15, 0.2) is 72.8 Å². The number of hydrogen-bond acceptors (Lipinski definition) is 5. The third-order valence-corrected chi connectivity index (χ3v) is 6.42. The number of carbonyl (C=O) groups excluding carboxylic acids is 2. The number of benzene rings is 3. The number of anilines is 1. The number of rotatable bonds is 7. The van der Waals surface area contributed by atoms with E-state index in [9.17, 15) is 24.1 Å². The van der Waals surface area contributed by atoms with Gasteiger partial charge in [0.05, 0.1) is 4.92 Å². The molecule has 3 aromatic rings. The standard InChI is InChI=1S/C27H27FN4O4/c28-21-3-1-2-20(16-21)27(34)31(24-14-8-22(29)9-15-24)17-18-4-10-23(11-5-18)30-26(33)19-6-12-25(13-7-19)32(35)36/h1-7,10-13,16,22,24H,8-9,14-15,17,29H2,(H,30,33). The van der Waals surface area contributed by atoms with E-state index >= 15 is 0 Å². The van der Waals surface area contributed by atoms with Gasteiger partial charge in [-0.05, 0) is 73.7 Å². The zero-order valence-electron chi connectivity index (χ0n) is 19.6. The first-order chi connectivity index (χ1) is 17.3. The van der Waals surface area contributed by atoms with Crippen molar-refractivity contribution in [3.05, 3.63) is 105 Å². The summed E-state index contributed by atoms with van der Waals surface area (Å²) in [5.41, 5.74) is 7.98. The Bertz CT molecular complexity index is 1240. The van der Waals surface area contributed by atoms with Crippen molar-refractivity contribution in [1.29, 1.82) is 0 Å². The van der Waals surface area contributed by atoms with Gasteiger partial charge in [-0.15, -0.1) is 0 Å². The van der Waals surface area contributed by atoms with Gasteiger partial charge in [0, 0.05) is 47.6 Å². The van der Waals surface area contributed by atoms with Crippen LogP contribution in [0, 0.1) is 15.9 Å². The number of halogens is 1. The van der Waals surface area contributed by atoms with Gasteiger partial charge in [0.15, 0.2) is 0 Å². The molecule has 0 heterocycles. The maximum absolute atomic E-state index is 13.8. The van der Waals surface area contributed by atoms with Crippen molar-refractivity contribution < 1.29 is 18.9 Å². The highest BCUT2D eigenvalue weighted by Gasteiger charge is 2.28. The molecule has 9 heteroatoms. The number of nitro benzene ring substituents is 1. The number of nitrogens with one attached hydrogen (secondary N) is 1. The second-order valence-corrected chi connectivity index (χ2v) is 8.97. The Morgan fingerprint density at radius 2 is 1.64 bits per heavy atom. The fraction of sp³-hybridized carbons (Fsp3) is 0.259. The van der Waals surface area contributed by atoms with Crippen molar-refractivity contribution in [1.82, 2.24) is 4.90 Å². The molecule has 4 rings (SSSR count). The first-order valence-corrected chi connectivity index (χ1v) is 11.8. The van der Waals surface area contributed by atoms with Gasteiger partial charge < -0.3 is 16.0 Å². The van der Waals surface area contributed by atoms with E-state index in [0.717, 1.165) is 31.2 Å². The average molecular weight is 491 g/mol. The molecule has 1 aliphatic carbocycles. The molecule has 0 spiro atoms. The van der Waals surface area contributed by atoms with E-state index in [1.165, 1.54) is 42.5 Å². The van der Waals surface area contributed by atoms with Gasteiger partial charge >= 0.3 is 0 Å². The van der Waals surface area contributed by atoms with E-state index in [1.807, 2.05) is 12.1 Å². The van der Waals surface area contributed by atoms with Gasteiger partial charge in [0.1, 0.15) is 5.82 Å². The SMILES string of the molecule is NC1CCC(N(Cc2ccc(NC(=O)c3ccc([N+](=O)[O-])cc3)cc2)C(=O)c2cccc(F)c2)CC1. The molecule has 1 aliphatic rings. The minimum absolute atomic E-state index is 0.00193. The van der Waals surface area contributed by atoms with E-state index in [2.05, 4.69) is 5.32 Å². The molecule has 0 atom stereocenters. The van der Waals surface area contributed by atoms with Crippen LogP contribution in [-0.4, -0.2) is 33.7 Å². The smallest absolute Gasteiger partial charge is 0.269 e. The van der Waals surface area contributed by atoms with E-state index in [-0.39, 0.29) is 29.6 Å². The quantitative estimate of drug-likeness (QED) is 0.361. The highest BCUT2D eigenvalue weighted by atomic mass is 19.1. The summed E-state index contributed by atoms with van der Waals surface area (Å²) in [7, 11) is 0. The molecule has 1 saturated carbocycles. The highest BCUT2D eigenvalue weighted by Crippen LogP contribution is 2.26. The van der Waals surface area contributed by atoms with Crippen LogP contribution in [0.3, 0.4) is 0 Å². The summed E-state index contributed by atoms with van der Waals surface area (Å²) < 4.78 is 13.8. The van der Waals surface area contributed by atoms with Gasteiger partial charge in [-0.25, -0.2) is 4.39 Å². The molecular weight excluding hydrogens is 463 g/mol. The fourth-order valence-corrected chi connectivity index (χ4v) is 4.40. The van der Waals surface area contributed by atoms with E-state index in [1.54, 1.807) is 23.1 Å². The molecule has 3 N–H and O–H groups in total. The average Bonchev–Trinajstić information content (AvgIpc) is 2.88. The minimum Gasteiger partial charge on any atom is -0.331 e. The zero-order valence-corrected chi connectivity index (χ0v) is 19.6.